The predicted octanol–water partition coefficient (Wildman–Crippen LogP) is 5.16. The summed E-state index contributed by atoms with van der Waals surface area (Å²) in [5, 5.41) is 12.5. The van der Waals surface area contributed by atoms with E-state index >= 15 is 0 Å². The van der Waals surface area contributed by atoms with Gasteiger partial charge >= 0.3 is 0 Å². The van der Waals surface area contributed by atoms with Gasteiger partial charge in [-0.3, -0.25) is 4.79 Å². The Morgan fingerprint density at radius 1 is 1.11 bits per heavy atom. The highest BCUT2D eigenvalue weighted by atomic mass is 16.3. The van der Waals surface area contributed by atoms with Gasteiger partial charge in [-0.1, -0.05) is 55.0 Å². The summed E-state index contributed by atoms with van der Waals surface area (Å²) in [7, 11) is 0. The van der Waals surface area contributed by atoms with Crippen LogP contribution in [0.15, 0.2) is 54.6 Å². The molecule has 3 heteroatoms. The van der Waals surface area contributed by atoms with E-state index in [4.69, 9.17) is 0 Å². The summed E-state index contributed by atoms with van der Waals surface area (Å²) in [5.41, 5.74) is 2.68. The molecular weight excluding hydrogens is 334 g/mol. The maximum atomic E-state index is 12.5. The van der Waals surface area contributed by atoms with E-state index in [1.807, 2.05) is 18.2 Å². The van der Waals surface area contributed by atoms with Crippen LogP contribution in [0.25, 0.3) is 0 Å². The number of amides is 1. The molecule has 0 spiro atoms. The monoisotopic (exact) mass is 365 g/mol. The molecule has 0 bridgehead atoms. The van der Waals surface area contributed by atoms with Crippen LogP contribution in [0.4, 0.5) is 5.69 Å². The van der Waals surface area contributed by atoms with E-state index < -0.39 is 5.41 Å². The molecule has 1 aliphatic carbocycles. The number of aliphatic hydroxyl groups excluding tert-OH is 1. The summed E-state index contributed by atoms with van der Waals surface area (Å²) in [6, 6.07) is 18.9. The van der Waals surface area contributed by atoms with Gasteiger partial charge in [-0.05, 0) is 68.6 Å². The molecule has 0 aromatic heterocycles. The number of hydrogen-bond donors (Lipinski definition) is 2. The molecule has 0 saturated heterocycles. The first-order valence-corrected chi connectivity index (χ1v) is 10.1. The molecule has 1 saturated carbocycles. The van der Waals surface area contributed by atoms with Gasteiger partial charge in [0.2, 0.25) is 5.91 Å². The van der Waals surface area contributed by atoms with E-state index in [9.17, 15) is 9.90 Å². The van der Waals surface area contributed by atoms with Gasteiger partial charge in [0.25, 0.3) is 0 Å². The van der Waals surface area contributed by atoms with Crippen molar-refractivity contribution in [2.24, 2.45) is 11.3 Å². The Labute approximate surface area is 162 Å². The Balaban J connectivity index is 1.72. The molecule has 0 heterocycles. The third-order valence-corrected chi connectivity index (χ3v) is 5.95. The second-order valence-electron chi connectivity index (χ2n) is 8.40. The van der Waals surface area contributed by atoms with Crippen molar-refractivity contribution in [3.63, 3.8) is 0 Å². The lowest BCUT2D eigenvalue weighted by Crippen LogP contribution is -2.34. The molecule has 2 N–H and O–H groups in total. The zero-order valence-corrected chi connectivity index (χ0v) is 16.4. The normalized spacial score (nSPS) is 15.8. The van der Waals surface area contributed by atoms with Gasteiger partial charge in [0, 0.05) is 5.69 Å². The highest BCUT2D eigenvalue weighted by Crippen LogP contribution is 2.42. The lowest BCUT2D eigenvalue weighted by atomic mass is 9.71. The van der Waals surface area contributed by atoms with Crippen LogP contribution in [0.1, 0.15) is 56.6 Å². The summed E-state index contributed by atoms with van der Waals surface area (Å²) in [6.07, 6.45) is 6.01. The number of para-hydroxylation sites is 1. The number of hydrogen-bond acceptors (Lipinski definition) is 2. The molecule has 27 heavy (non-hydrogen) atoms. The Hall–Kier alpha value is -2.13. The molecule has 1 amide bonds. The van der Waals surface area contributed by atoms with E-state index in [0.717, 1.165) is 24.4 Å². The Morgan fingerprint density at radius 2 is 1.78 bits per heavy atom. The Morgan fingerprint density at radius 3 is 2.41 bits per heavy atom. The lowest BCUT2D eigenvalue weighted by Gasteiger charge is -2.34. The van der Waals surface area contributed by atoms with Gasteiger partial charge < -0.3 is 10.4 Å². The smallest absolute Gasteiger partial charge is 0.232 e. The fourth-order valence-corrected chi connectivity index (χ4v) is 3.75. The Bertz CT molecular complexity index is 750. The number of aliphatic hydroxyl groups is 1. The van der Waals surface area contributed by atoms with Gasteiger partial charge in [0.15, 0.2) is 0 Å². The maximum Gasteiger partial charge on any atom is 0.232 e. The molecule has 1 aliphatic rings. The first kappa shape index (κ1) is 19.6. The van der Waals surface area contributed by atoms with E-state index in [1.54, 1.807) is 13.8 Å². The van der Waals surface area contributed by atoms with Crippen molar-refractivity contribution in [1.82, 2.24) is 0 Å². The standard InChI is InChI=1S/C24H31NO2/c1-24(2,17-26)23(27)25-22-14-7-6-11-20(22)15-16-21(19-12-8-13-19)18-9-4-3-5-10-18/h3-7,9-11,14,19,21,26H,8,12-13,15-17H2,1-2H3,(H,25,27). The van der Waals surface area contributed by atoms with Crippen LogP contribution in [0, 0.1) is 11.3 Å². The molecule has 2 aromatic carbocycles. The molecule has 1 atom stereocenters. The second kappa shape index (κ2) is 8.71. The highest BCUT2D eigenvalue weighted by molar-refractivity contribution is 5.95. The number of aryl methyl sites for hydroxylation is 1. The fraction of sp³-hybridized carbons (Fsp3) is 0.458. The molecule has 1 fully saturated rings. The summed E-state index contributed by atoms with van der Waals surface area (Å²) in [5.74, 6) is 1.22. The van der Waals surface area contributed by atoms with E-state index in [0.29, 0.717) is 5.92 Å². The van der Waals surface area contributed by atoms with Crippen molar-refractivity contribution < 1.29 is 9.90 Å². The van der Waals surface area contributed by atoms with Crippen molar-refractivity contribution >= 4 is 11.6 Å². The van der Waals surface area contributed by atoms with Crippen LogP contribution in [0.2, 0.25) is 0 Å². The number of carbonyl (C=O) groups is 1. The molecule has 2 aromatic rings. The van der Waals surface area contributed by atoms with E-state index in [1.165, 1.54) is 30.4 Å². The summed E-state index contributed by atoms with van der Waals surface area (Å²) in [4.78, 5) is 12.5. The fourth-order valence-electron chi connectivity index (χ4n) is 3.75. The zero-order chi connectivity index (χ0) is 19.3. The Kier molecular flexibility index (Phi) is 6.33. The van der Waals surface area contributed by atoms with Crippen LogP contribution >= 0.6 is 0 Å². The SMILES string of the molecule is CC(C)(CO)C(=O)Nc1ccccc1CCC(c1ccccc1)C1CCC1. The number of carbonyl (C=O) groups excluding carboxylic acids is 1. The first-order valence-electron chi connectivity index (χ1n) is 10.1. The minimum Gasteiger partial charge on any atom is -0.395 e. The van der Waals surface area contributed by atoms with Gasteiger partial charge in [0.1, 0.15) is 0 Å². The predicted molar refractivity (Wildman–Crippen MR) is 111 cm³/mol. The van der Waals surface area contributed by atoms with Crippen LogP contribution in [0.3, 0.4) is 0 Å². The molecule has 144 valence electrons. The lowest BCUT2D eigenvalue weighted by molar-refractivity contribution is -0.125. The molecule has 0 radical (unpaired) electrons. The molecule has 3 nitrogen and oxygen atoms in total. The number of nitrogens with one attached hydrogen (secondary N) is 1. The summed E-state index contributed by atoms with van der Waals surface area (Å²) in [6.45, 7) is 3.35. The number of anilines is 1. The maximum absolute atomic E-state index is 12.5. The third kappa shape index (κ3) is 4.78. The van der Waals surface area contributed by atoms with Gasteiger partial charge in [0.05, 0.1) is 12.0 Å². The molecular formula is C24H31NO2. The van der Waals surface area contributed by atoms with Crippen LogP contribution in [-0.2, 0) is 11.2 Å². The number of rotatable bonds is 8. The summed E-state index contributed by atoms with van der Waals surface area (Å²) >= 11 is 0. The van der Waals surface area contributed by atoms with Gasteiger partial charge in [-0.25, -0.2) is 0 Å². The van der Waals surface area contributed by atoms with Crippen molar-refractivity contribution in [2.75, 3.05) is 11.9 Å². The van der Waals surface area contributed by atoms with Crippen molar-refractivity contribution in [3.05, 3.63) is 65.7 Å². The second-order valence-corrected chi connectivity index (χ2v) is 8.40. The molecule has 0 aliphatic heterocycles. The number of benzene rings is 2. The quantitative estimate of drug-likeness (QED) is 0.679. The molecule has 3 rings (SSSR count). The zero-order valence-electron chi connectivity index (χ0n) is 16.4. The summed E-state index contributed by atoms with van der Waals surface area (Å²) < 4.78 is 0. The topological polar surface area (TPSA) is 49.3 Å². The first-order chi connectivity index (χ1) is 13.0. The van der Waals surface area contributed by atoms with Crippen LogP contribution in [-0.4, -0.2) is 17.6 Å². The largest absolute Gasteiger partial charge is 0.395 e. The van der Waals surface area contributed by atoms with Crippen LogP contribution in [0.5, 0.6) is 0 Å². The minimum atomic E-state index is -0.786. The van der Waals surface area contributed by atoms with Crippen molar-refractivity contribution in [1.29, 1.82) is 0 Å². The molecule has 1 unspecified atom stereocenters. The average Bonchev–Trinajstić information content (AvgIpc) is 2.65. The van der Waals surface area contributed by atoms with Crippen molar-refractivity contribution in [2.45, 2.75) is 51.9 Å². The van der Waals surface area contributed by atoms with Crippen LogP contribution < -0.4 is 5.32 Å². The van der Waals surface area contributed by atoms with E-state index in [2.05, 4.69) is 41.7 Å². The van der Waals surface area contributed by atoms with E-state index in [-0.39, 0.29) is 12.5 Å². The highest BCUT2D eigenvalue weighted by Gasteiger charge is 2.29. The van der Waals surface area contributed by atoms with Gasteiger partial charge in [-0.2, -0.15) is 0 Å². The third-order valence-electron chi connectivity index (χ3n) is 5.95. The minimum absolute atomic E-state index is 0.143. The van der Waals surface area contributed by atoms with Gasteiger partial charge in [-0.15, -0.1) is 0 Å². The van der Waals surface area contributed by atoms with Crippen molar-refractivity contribution in [3.8, 4) is 0 Å². The average molecular weight is 366 g/mol.